The molecule has 63 heavy (non-hydrogen) atoms. The van der Waals surface area contributed by atoms with Crippen molar-refractivity contribution in [2.75, 3.05) is 26.4 Å². The van der Waals surface area contributed by atoms with Gasteiger partial charge in [0.05, 0.1) is 19.8 Å². The maximum absolute atomic E-state index is 12.7. The monoisotopic (exact) mass is 908 g/mol. The number of carbonyl (C=O) groups is 2. The molecule has 0 fully saturated rings. The average Bonchev–Trinajstić information content (AvgIpc) is 3.26. The second-order valence-electron chi connectivity index (χ2n) is 16.9. The molecule has 3 atom stereocenters. The Kier molecular flexibility index (Phi) is 45.9. The van der Waals surface area contributed by atoms with Crippen molar-refractivity contribution in [3.8, 4) is 0 Å². The van der Waals surface area contributed by atoms with Gasteiger partial charge in [0.1, 0.15) is 12.1 Å². The number of phosphoric ester groups is 1. The van der Waals surface area contributed by atoms with Crippen LogP contribution in [-0.4, -0.2) is 60.5 Å². The molecule has 0 saturated heterocycles. The molecular weight excluding hydrogens is 814 g/mol. The first kappa shape index (κ1) is 60.7. The molecule has 0 amide bonds. The lowest BCUT2D eigenvalue weighted by Gasteiger charge is -2.20. The number of aliphatic carboxylic acids is 1. The Morgan fingerprint density at radius 3 is 1.40 bits per heavy atom. The van der Waals surface area contributed by atoms with E-state index in [2.05, 4.69) is 74.6 Å². The van der Waals surface area contributed by atoms with Crippen molar-refractivity contribution < 1.29 is 42.7 Å². The van der Waals surface area contributed by atoms with Crippen LogP contribution in [0.15, 0.2) is 60.8 Å². The highest BCUT2D eigenvalue weighted by molar-refractivity contribution is 7.47. The van der Waals surface area contributed by atoms with Crippen molar-refractivity contribution in [1.29, 1.82) is 0 Å². The minimum absolute atomic E-state index is 0.00526. The number of allylic oxidation sites excluding steroid dienone is 10. The number of carbonyl (C=O) groups excluding carboxylic acids is 1. The molecular formula is C52H94NO9P. The van der Waals surface area contributed by atoms with Crippen LogP contribution in [0, 0.1) is 0 Å². The van der Waals surface area contributed by atoms with Gasteiger partial charge in [0.25, 0.3) is 0 Å². The SMILES string of the molecule is CC/C=C\C/C=C\C/C=C\C/C=C\CCCCCCC(=O)OC(COCCCCCCCCCCCCCC/C=C\CCCCCCCCCC)COP(=O)(O)OCC(N)C(=O)O. The third-order valence-electron chi connectivity index (χ3n) is 10.8. The van der Waals surface area contributed by atoms with Gasteiger partial charge in [0, 0.05) is 13.0 Å². The number of unbranched alkanes of at least 4 members (excludes halogenated alkanes) is 24. The predicted molar refractivity (Wildman–Crippen MR) is 263 cm³/mol. The molecule has 0 aromatic carbocycles. The van der Waals surface area contributed by atoms with Gasteiger partial charge in [-0.1, -0.05) is 197 Å². The van der Waals surface area contributed by atoms with Crippen LogP contribution in [0.1, 0.15) is 219 Å². The summed E-state index contributed by atoms with van der Waals surface area (Å²) in [5, 5.41) is 8.92. The normalized spacial score (nSPS) is 14.2. The lowest BCUT2D eigenvalue weighted by molar-refractivity contribution is -0.154. The van der Waals surface area contributed by atoms with Gasteiger partial charge in [-0.2, -0.15) is 0 Å². The quantitative estimate of drug-likeness (QED) is 0.0233. The minimum Gasteiger partial charge on any atom is -0.480 e. The number of carboxylic acids is 1. The number of carboxylic acid groups (broad SMARTS) is 1. The molecule has 0 bridgehead atoms. The van der Waals surface area contributed by atoms with Crippen LogP contribution < -0.4 is 5.73 Å². The number of hydrogen-bond acceptors (Lipinski definition) is 8. The van der Waals surface area contributed by atoms with E-state index in [9.17, 15) is 19.0 Å². The number of esters is 1. The van der Waals surface area contributed by atoms with Crippen LogP contribution in [0.25, 0.3) is 0 Å². The van der Waals surface area contributed by atoms with Gasteiger partial charge in [0.2, 0.25) is 0 Å². The van der Waals surface area contributed by atoms with Crippen LogP contribution >= 0.6 is 7.82 Å². The molecule has 0 spiro atoms. The molecule has 0 aromatic heterocycles. The standard InChI is InChI=1S/C52H94NO9P/c1-3-5-7-9-11-13-15-17-19-21-22-23-24-25-26-27-29-31-33-35-37-39-41-43-45-59-46-49(47-60-63(57,58)61-48-50(53)52(55)56)62-51(54)44-42-40-38-36-34-32-30-28-20-18-16-14-12-10-8-6-4-2/h6,8,12,14,18,20-22,30,32,49-50H,3-5,7,9-11,13,15-17,19,23-29,31,33-48,53H2,1-2H3,(H,55,56)(H,57,58)/b8-6-,14-12-,20-18-,22-21-,32-30-. The Labute approximate surface area is 385 Å². The summed E-state index contributed by atoms with van der Waals surface area (Å²) in [4.78, 5) is 33.6. The number of phosphoric acid groups is 1. The molecule has 0 aromatic rings. The molecule has 0 rings (SSSR count). The largest absolute Gasteiger partial charge is 0.480 e. The maximum Gasteiger partial charge on any atom is 0.472 e. The molecule has 0 aliphatic rings. The third-order valence-corrected chi connectivity index (χ3v) is 11.7. The van der Waals surface area contributed by atoms with Crippen molar-refractivity contribution in [3.05, 3.63) is 60.8 Å². The summed E-state index contributed by atoms with van der Waals surface area (Å²) < 4.78 is 33.5. The van der Waals surface area contributed by atoms with Gasteiger partial charge in [-0.05, 0) is 77.0 Å². The Morgan fingerprint density at radius 1 is 0.524 bits per heavy atom. The van der Waals surface area contributed by atoms with E-state index in [0.29, 0.717) is 13.0 Å². The van der Waals surface area contributed by atoms with Gasteiger partial charge < -0.3 is 25.2 Å². The highest BCUT2D eigenvalue weighted by atomic mass is 31.2. The van der Waals surface area contributed by atoms with Gasteiger partial charge in [-0.15, -0.1) is 0 Å². The summed E-state index contributed by atoms with van der Waals surface area (Å²) in [5.74, 6) is -1.80. The Balaban J connectivity index is 4.14. The number of nitrogens with two attached hydrogens (primary N) is 1. The van der Waals surface area contributed by atoms with Gasteiger partial charge >= 0.3 is 19.8 Å². The fourth-order valence-electron chi connectivity index (χ4n) is 6.88. The van der Waals surface area contributed by atoms with Gasteiger partial charge in [0.15, 0.2) is 0 Å². The predicted octanol–water partition coefficient (Wildman–Crippen LogP) is 14.8. The average molecular weight is 908 g/mol. The van der Waals surface area contributed by atoms with Crippen molar-refractivity contribution in [3.63, 3.8) is 0 Å². The van der Waals surface area contributed by atoms with E-state index in [1.54, 1.807) is 0 Å². The summed E-state index contributed by atoms with van der Waals surface area (Å²) in [6.45, 7) is 3.75. The molecule has 0 radical (unpaired) electrons. The van der Waals surface area contributed by atoms with E-state index in [-0.39, 0.29) is 13.0 Å². The van der Waals surface area contributed by atoms with E-state index in [0.717, 1.165) is 70.6 Å². The third kappa shape index (κ3) is 47.5. The molecule has 0 heterocycles. The number of hydrogen-bond donors (Lipinski definition) is 3. The zero-order chi connectivity index (χ0) is 46.2. The van der Waals surface area contributed by atoms with Crippen molar-refractivity contribution in [2.45, 2.75) is 231 Å². The van der Waals surface area contributed by atoms with Crippen LogP contribution in [0.4, 0.5) is 0 Å². The number of rotatable bonds is 48. The fraction of sp³-hybridized carbons (Fsp3) is 0.769. The Bertz CT molecular complexity index is 1230. The summed E-state index contributed by atoms with van der Waals surface area (Å²) >= 11 is 0. The first-order valence-electron chi connectivity index (χ1n) is 25.3. The van der Waals surface area contributed by atoms with Crippen molar-refractivity contribution in [1.82, 2.24) is 0 Å². The maximum atomic E-state index is 12.7. The Morgan fingerprint density at radius 2 is 0.921 bits per heavy atom. The molecule has 0 aliphatic heterocycles. The van der Waals surface area contributed by atoms with Gasteiger partial charge in [-0.3, -0.25) is 18.6 Å². The van der Waals surface area contributed by atoms with Crippen molar-refractivity contribution >= 4 is 19.8 Å². The Hall–Kier alpha value is -2.33. The highest BCUT2D eigenvalue weighted by Gasteiger charge is 2.27. The van der Waals surface area contributed by atoms with Crippen LogP contribution in [-0.2, 0) is 32.7 Å². The lowest BCUT2D eigenvalue weighted by Crippen LogP contribution is -2.34. The fourth-order valence-corrected chi connectivity index (χ4v) is 7.66. The van der Waals surface area contributed by atoms with Gasteiger partial charge in [-0.25, -0.2) is 4.57 Å². The summed E-state index contributed by atoms with van der Waals surface area (Å²) in [6.07, 6.45) is 58.6. The molecule has 3 unspecified atom stereocenters. The molecule has 4 N–H and O–H groups in total. The number of ether oxygens (including phenoxy) is 2. The second kappa shape index (κ2) is 47.6. The highest BCUT2D eigenvalue weighted by Crippen LogP contribution is 2.43. The van der Waals surface area contributed by atoms with E-state index in [1.165, 1.54) is 122 Å². The summed E-state index contributed by atoms with van der Waals surface area (Å²) in [7, 11) is -4.63. The lowest BCUT2D eigenvalue weighted by atomic mass is 10.0. The first-order valence-corrected chi connectivity index (χ1v) is 26.8. The van der Waals surface area contributed by atoms with Crippen LogP contribution in [0.3, 0.4) is 0 Å². The van der Waals surface area contributed by atoms with E-state index in [4.69, 9.17) is 29.4 Å². The first-order chi connectivity index (χ1) is 30.7. The van der Waals surface area contributed by atoms with Crippen molar-refractivity contribution in [2.24, 2.45) is 5.73 Å². The summed E-state index contributed by atoms with van der Waals surface area (Å²) in [5.41, 5.74) is 5.37. The molecule has 366 valence electrons. The van der Waals surface area contributed by atoms with Crippen LogP contribution in [0.5, 0.6) is 0 Å². The zero-order valence-electron chi connectivity index (χ0n) is 40.2. The summed E-state index contributed by atoms with van der Waals surface area (Å²) in [6, 6.07) is -1.48. The minimum atomic E-state index is -4.63. The van der Waals surface area contributed by atoms with E-state index in [1.807, 2.05) is 0 Å². The smallest absolute Gasteiger partial charge is 0.472 e. The van der Waals surface area contributed by atoms with Crippen LogP contribution in [0.2, 0.25) is 0 Å². The molecule has 0 saturated carbocycles. The second-order valence-corrected chi connectivity index (χ2v) is 18.4. The molecule has 11 heteroatoms. The van der Waals surface area contributed by atoms with E-state index >= 15 is 0 Å². The topological polar surface area (TPSA) is 155 Å². The van der Waals surface area contributed by atoms with E-state index < -0.39 is 45.1 Å². The molecule has 10 nitrogen and oxygen atoms in total. The zero-order valence-corrected chi connectivity index (χ0v) is 41.1. The molecule has 0 aliphatic carbocycles.